The van der Waals surface area contributed by atoms with Crippen LogP contribution in [-0.2, 0) is 30.3 Å². The second-order valence-electron chi connectivity index (χ2n) is 9.20. The molecule has 2 N–H and O–H groups in total. The smallest absolute Gasteiger partial charge is 0.317 e. The first kappa shape index (κ1) is 26.4. The van der Waals surface area contributed by atoms with Crippen molar-refractivity contribution in [2.75, 3.05) is 14.2 Å². The van der Waals surface area contributed by atoms with Gasteiger partial charge >= 0.3 is 11.9 Å². The molecule has 1 atom stereocenters. The third kappa shape index (κ3) is 4.93. The van der Waals surface area contributed by atoms with E-state index >= 15 is 0 Å². The summed E-state index contributed by atoms with van der Waals surface area (Å²) in [4.78, 5) is 63.8. The normalized spacial score (nSPS) is 13.4. The molecule has 2 aromatic carbocycles. The van der Waals surface area contributed by atoms with Gasteiger partial charge < -0.3 is 24.4 Å². The molecule has 10 nitrogen and oxygen atoms in total. The molecule has 0 saturated carbocycles. The van der Waals surface area contributed by atoms with E-state index in [4.69, 9.17) is 9.47 Å². The molecule has 1 aliphatic rings. The fraction of sp³-hybridized carbons (Fsp3) is 0.346. The van der Waals surface area contributed by atoms with Gasteiger partial charge in [-0.3, -0.25) is 24.0 Å². The Morgan fingerprint density at radius 1 is 0.972 bits per heavy atom. The molecule has 0 bridgehead atoms. The molecular weight excluding hydrogens is 472 g/mol. The first-order valence-electron chi connectivity index (χ1n) is 11.0. The van der Waals surface area contributed by atoms with Crippen molar-refractivity contribution >= 4 is 29.3 Å². The molecule has 0 fully saturated rings. The molecule has 0 amide bonds. The van der Waals surface area contributed by atoms with Crippen LogP contribution in [-0.4, -0.2) is 59.3 Å². The minimum Gasteiger partial charge on any atom is -0.507 e. The van der Waals surface area contributed by atoms with Crippen LogP contribution in [0.3, 0.4) is 0 Å². The van der Waals surface area contributed by atoms with Gasteiger partial charge in [-0.2, -0.15) is 0 Å². The maximum Gasteiger partial charge on any atom is 0.317 e. The maximum absolute atomic E-state index is 13.4. The van der Waals surface area contributed by atoms with Crippen molar-refractivity contribution in [3.05, 3.63) is 52.1 Å². The standard InChI is InChI=1S/C26H26O10/c1-26(2,3)36-25(33)14(15(27)11-18(29)35-5)9-12-10-16(28)20-21(22(12)30)24(32)19-13(23(20)31)7-6-8-17(19)34-4/h6-8,10,14,28,30H,9,11H2,1-5H3. The summed E-state index contributed by atoms with van der Waals surface area (Å²) in [6.45, 7) is 4.76. The van der Waals surface area contributed by atoms with Crippen LogP contribution in [0.1, 0.15) is 64.6 Å². The first-order chi connectivity index (χ1) is 16.8. The summed E-state index contributed by atoms with van der Waals surface area (Å²) < 4.78 is 15.0. The van der Waals surface area contributed by atoms with Gasteiger partial charge in [0.15, 0.2) is 11.6 Å². The molecule has 0 aliphatic heterocycles. The van der Waals surface area contributed by atoms with Crippen molar-refractivity contribution in [1.82, 2.24) is 0 Å². The fourth-order valence-corrected chi connectivity index (χ4v) is 3.96. The van der Waals surface area contributed by atoms with Crippen LogP contribution in [0.5, 0.6) is 17.2 Å². The van der Waals surface area contributed by atoms with Gasteiger partial charge in [0.05, 0.1) is 30.9 Å². The molecule has 36 heavy (non-hydrogen) atoms. The number of carbonyl (C=O) groups excluding carboxylic acids is 5. The highest BCUT2D eigenvalue weighted by Gasteiger charge is 2.39. The Bertz CT molecular complexity index is 1280. The summed E-state index contributed by atoms with van der Waals surface area (Å²) in [5, 5.41) is 21.7. The number of rotatable bonds is 7. The van der Waals surface area contributed by atoms with E-state index in [1.54, 1.807) is 20.8 Å². The van der Waals surface area contributed by atoms with E-state index in [0.29, 0.717) is 0 Å². The van der Waals surface area contributed by atoms with Crippen molar-refractivity contribution in [3.63, 3.8) is 0 Å². The highest BCUT2D eigenvalue weighted by atomic mass is 16.6. The summed E-state index contributed by atoms with van der Waals surface area (Å²) in [6, 6.07) is 5.39. The van der Waals surface area contributed by atoms with Crippen LogP contribution < -0.4 is 4.74 Å². The van der Waals surface area contributed by atoms with Gasteiger partial charge in [-0.1, -0.05) is 12.1 Å². The Labute approximate surface area is 206 Å². The number of methoxy groups -OCH3 is 2. The number of hydrogen-bond donors (Lipinski definition) is 2. The zero-order valence-electron chi connectivity index (χ0n) is 20.5. The Morgan fingerprint density at radius 3 is 2.22 bits per heavy atom. The number of aromatic hydroxyl groups is 2. The molecule has 0 saturated heterocycles. The third-order valence-electron chi connectivity index (χ3n) is 5.58. The molecule has 3 rings (SSSR count). The molecule has 0 heterocycles. The summed E-state index contributed by atoms with van der Waals surface area (Å²) in [5.74, 6) is -6.95. The van der Waals surface area contributed by atoms with Gasteiger partial charge in [-0.05, 0) is 44.9 Å². The van der Waals surface area contributed by atoms with Crippen LogP contribution in [0.2, 0.25) is 0 Å². The fourth-order valence-electron chi connectivity index (χ4n) is 3.96. The number of Topliss-reactive ketones (excluding diaryl/α,β-unsaturated/α-hetero) is 1. The van der Waals surface area contributed by atoms with Crippen molar-refractivity contribution in [2.45, 2.75) is 39.2 Å². The SMILES string of the molecule is COC(=O)CC(=O)C(Cc1cc(O)c2c(c1O)C(=O)c1c(OC)cccc1C2=O)C(=O)OC(C)(C)C. The van der Waals surface area contributed by atoms with Crippen LogP contribution >= 0.6 is 0 Å². The van der Waals surface area contributed by atoms with E-state index in [-0.39, 0.29) is 22.4 Å². The lowest BCUT2D eigenvalue weighted by atomic mass is 9.80. The predicted octanol–water partition coefficient (Wildman–Crippen LogP) is 2.51. The van der Waals surface area contributed by atoms with E-state index < -0.39 is 76.3 Å². The topological polar surface area (TPSA) is 154 Å². The van der Waals surface area contributed by atoms with Crippen molar-refractivity contribution in [1.29, 1.82) is 0 Å². The minimum absolute atomic E-state index is 0.00538. The summed E-state index contributed by atoms with van der Waals surface area (Å²) in [5.41, 5.74) is -2.11. The van der Waals surface area contributed by atoms with E-state index in [1.165, 1.54) is 25.3 Å². The number of phenols is 2. The van der Waals surface area contributed by atoms with Gasteiger partial charge in [-0.25, -0.2) is 0 Å². The van der Waals surface area contributed by atoms with Gasteiger partial charge in [0.1, 0.15) is 35.2 Å². The lowest BCUT2D eigenvalue weighted by Gasteiger charge is -2.25. The molecule has 1 unspecified atom stereocenters. The van der Waals surface area contributed by atoms with Gasteiger partial charge in [0.25, 0.3) is 0 Å². The molecule has 2 aromatic rings. The zero-order chi connectivity index (χ0) is 26.9. The molecule has 1 aliphatic carbocycles. The van der Waals surface area contributed by atoms with Gasteiger partial charge in [0.2, 0.25) is 5.78 Å². The third-order valence-corrected chi connectivity index (χ3v) is 5.58. The lowest BCUT2D eigenvalue weighted by Crippen LogP contribution is -2.35. The van der Waals surface area contributed by atoms with Crippen molar-refractivity contribution < 1.29 is 48.4 Å². The Hall–Kier alpha value is -4.21. The number of fused-ring (bicyclic) bond motifs is 2. The average molecular weight is 498 g/mol. The highest BCUT2D eigenvalue weighted by Crippen LogP contribution is 2.43. The van der Waals surface area contributed by atoms with E-state index in [1.807, 2.05) is 0 Å². The number of ketones is 3. The summed E-state index contributed by atoms with van der Waals surface area (Å²) >= 11 is 0. The molecular formula is C26H26O10. The number of benzene rings is 2. The number of esters is 2. The number of phenolic OH excluding ortho intramolecular Hbond substituents is 2. The average Bonchev–Trinajstić information content (AvgIpc) is 2.80. The second-order valence-corrected chi connectivity index (χ2v) is 9.20. The van der Waals surface area contributed by atoms with Crippen LogP contribution in [0, 0.1) is 5.92 Å². The number of carbonyl (C=O) groups is 5. The molecule has 0 aromatic heterocycles. The largest absolute Gasteiger partial charge is 0.507 e. The monoisotopic (exact) mass is 498 g/mol. The minimum atomic E-state index is -1.57. The molecule has 0 spiro atoms. The Balaban J connectivity index is 2.11. The second kappa shape index (κ2) is 9.80. The quantitative estimate of drug-likeness (QED) is 0.282. The van der Waals surface area contributed by atoms with Gasteiger partial charge in [-0.15, -0.1) is 0 Å². The number of ether oxygens (including phenoxy) is 3. The summed E-state index contributed by atoms with van der Waals surface area (Å²) in [7, 11) is 2.40. The molecule has 10 heteroatoms. The molecule has 190 valence electrons. The van der Waals surface area contributed by atoms with E-state index in [0.717, 1.165) is 13.2 Å². The van der Waals surface area contributed by atoms with E-state index in [2.05, 4.69) is 4.74 Å². The van der Waals surface area contributed by atoms with Crippen molar-refractivity contribution in [2.24, 2.45) is 5.92 Å². The van der Waals surface area contributed by atoms with Crippen LogP contribution in [0.15, 0.2) is 24.3 Å². The van der Waals surface area contributed by atoms with Crippen LogP contribution in [0.25, 0.3) is 0 Å². The highest BCUT2D eigenvalue weighted by molar-refractivity contribution is 6.31. The Morgan fingerprint density at radius 2 is 1.64 bits per heavy atom. The first-order valence-corrected chi connectivity index (χ1v) is 11.0. The predicted molar refractivity (Wildman–Crippen MR) is 124 cm³/mol. The maximum atomic E-state index is 13.4. The van der Waals surface area contributed by atoms with Crippen molar-refractivity contribution in [3.8, 4) is 17.2 Å². The Kier molecular flexibility index (Phi) is 7.19. The molecule has 0 radical (unpaired) electrons. The lowest BCUT2D eigenvalue weighted by molar-refractivity contribution is -0.162. The summed E-state index contributed by atoms with van der Waals surface area (Å²) in [6.07, 6.45) is -1.25. The number of hydrogen-bond acceptors (Lipinski definition) is 10. The zero-order valence-corrected chi connectivity index (χ0v) is 20.5. The van der Waals surface area contributed by atoms with E-state index in [9.17, 15) is 34.2 Å². The van der Waals surface area contributed by atoms with Crippen LogP contribution in [0.4, 0.5) is 0 Å². The van der Waals surface area contributed by atoms with Gasteiger partial charge in [0, 0.05) is 5.56 Å².